The van der Waals surface area contributed by atoms with Crippen molar-refractivity contribution in [3.05, 3.63) is 52.0 Å². The van der Waals surface area contributed by atoms with Crippen molar-refractivity contribution in [2.45, 2.75) is 0 Å². The van der Waals surface area contributed by atoms with Crippen LogP contribution in [-0.4, -0.2) is 25.9 Å². The number of benzene rings is 2. The van der Waals surface area contributed by atoms with Crippen LogP contribution >= 0.6 is 23.2 Å². The van der Waals surface area contributed by atoms with Crippen LogP contribution in [0.25, 0.3) is 0 Å². The van der Waals surface area contributed by atoms with Gasteiger partial charge in [0.05, 0.1) is 17.2 Å². The number of carbonyl (C=O) groups is 2. The van der Waals surface area contributed by atoms with Gasteiger partial charge in [-0.3, -0.25) is 9.59 Å². The number of halogens is 2. The van der Waals surface area contributed by atoms with Gasteiger partial charge in [-0.1, -0.05) is 23.2 Å². The second kappa shape index (κ2) is 7.85. The van der Waals surface area contributed by atoms with Gasteiger partial charge in [0.2, 0.25) is 0 Å². The lowest BCUT2D eigenvalue weighted by Gasteiger charge is -2.11. The van der Waals surface area contributed by atoms with E-state index in [2.05, 4.69) is 5.32 Å². The summed E-state index contributed by atoms with van der Waals surface area (Å²) in [5.74, 6) is 0.471. The molecular weight excluding hydrogens is 341 g/mol. The number of anilines is 1. The summed E-state index contributed by atoms with van der Waals surface area (Å²) >= 11 is 12.0. The third-order valence-corrected chi connectivity index (χ3v) is 3.44. The highest BCUT2D eigenvalue weighted by molar-refractivity contribution is 6.37. The molecule has 1 amide bonds. The minimum Gasteiger partial charge on any atom is -0.497 e. The summed E-state index contributed by atoms with van der Waals surface area (Å²) in [6.07, 6.45) is 0.623. The zero-order chi connectivity index (χ0) is 16.8. The van der Waals surface area contributed by atoms with Crippen molar-refractivity contribution in [3.63, 3.8) is 0 Å². The predicted octanol–water partition coefficient (Wildman–Crippen LogP) is 3.83. The van der Waals surface area contributed by atoms with Crippen LogP contribution in [0.15, 0.2) is 36.4 Å². The normalized spacial score (nSPS) is 10.0. The van der Waals surface area contributed by atoms with Gasteiger partial charge in [-0.25, -0.2) is 0 Å². The summed E-state index contributed by atoms with van der Waals surface area (Å²) in [5.41, 5.74) is 0.933. The van der Waals surface area contributed by atoms with Crippen molar-refractivity contribution in [1.82, 2.24) is 0 Å². The van der Waals surface area contributed by atoms with E-state index in [1.807, 2.05) is 0 Å². The fourth-order valence-electron chi connectivity index (χ4n) is 1.79. The van der Waals surface area contributed by atoms with Gasteiger partial charge in [0.15, 0.2) is 12.4 Å². The lowest BCUT2D eigenvalue weighted by atomic mass is 10.2. The molecule has 1 N–H and O–H groups in total. The molecule has 0 atom stereocenters. The van der Waals surface area contributed by atoms with E-state index in [-0.39, 0.29) is 28.3 Å². The van der Waals surface area contributed by atoms with E-state index in [0.717, 1.165) is 0 Å². The minimum absolute atomic E-state index is 0.156. The number of carbonyl (C=O) groups excluding carboxylic acids is 2. The monoisotopic (exact) mass is 353 g/mol. The standard InChI is InChI=1S/C16H13Cl2NO4/c1-22-12-4-2-11(3-5-12)19-15(21)9-23-16-13(17)6-10(8-20)7-14(16)18/h2-8H,9H2,1H3,(H,19,21). The van der Waals surface area contributed by atoms with Crippen molar-refractivity contribution in [1.29, 1.82) is 0 Å². The molecule has 2 rings (SSSR count). The Labute approximate surface area is 143 Å². The molecule has 0 aliphatic heterocycles. The number of ether oxygens (including phenoxy) is 2. The molecule has 0 aromatic heterocycles. The highest BCUT2D eigenvalue weighted by Gasteiger charge is 2.12. The van der Waals surface area contributed by atoms with Crippen LogP contribution in [0, 0.1) is 0 Å². The molecule has 0 saturated carbocycles. The first-order valence-electron chi connectivity index (χ1n) is 6.54. The Morgan fingerprint density at radius 2 is 1.78 bits per heavy atom. The molecule has 0 bridgehead atoms. The maximum absolute atomic E-state index is 11.9. The van der Waals surface area contributed by atoms with E-state index in [9.17, 15) is 9.59 Å². The van der Waals surface area contributed by atoms with Crippen molar-refractivity contribution >= 4 is 41.1 Å². The Hall–Kier alpha value is -2.24. The zero-order valence-corrected chi connectivity index (χ0v) is 13.6. The van der Waals surface area contributed by atoms with Gasteiger partial charge in [0.1, 0.15) is 12.0 Å². The lowest BCUT2D eigenvalue weighted by Crippen LogP contribution is -2.20. The number of rotatable bonds is 6. The number of aldehydes is 1. The van der Waals surface area contributed by atoms with Crippen LogP contribution < -0.4 is 14.8 Å². The molecule has 0 aliphatic rings. The van der Waals surface area contributed by atoms with E-state index >= 15 is 0 Å². The summed E-state index contributed by atoms with van der Waals surface area (Å²) in [4.78, 5) is 22.6. The summed E-state index contributed by atoms with van der Waals surface area (Å²) in [5, 5.41) is 2.99. The third-order valence-electron chi connectivity index (χ3n) is 2.88. The number of hydrogen-bond acceptors (Lipinski definition) is 4. The van der Waals surface area contributed by atoms with E-state index in [4.69, 9.17) is 32.7 Å². The van der Waals surface area contributed by atoms with Crippen LogP contribution in [0.5, 0.6) is 11.5 Å². The summed E-state index contributed by atoms with van der Waals surface area (Å²) in [6.45, 7) is -0.272. The second-order valence-electron chi connectivity index (χ2n) is 4.50. The topological polar surface area (TPSA) is 64.6 Å². The molecule has 2 aromatic carbocycles. The molecule has 5 nitrogen and oxygen atoms in total. The van der Waals surface area contributed by atoms with Crippen molar-refractivity contribution in [2.75, 3.05) is 19.0 Å². The van der Waals surface area contributed by atoms with Gasteiger partial charge in [0.25, 0.3) is 5.91 Å². The number of amides is 1. The van der Waals surface area contributed by atoms with Gasteiger partial charge in [-0.15, -0.1) is 0 Å². The van der Waals surface area contributed by atoms with Crippen LogP contribution in [0.1, 0.15) is 10.4 Å². The molecular formula is C16H13Cl2NO4. The average molecular weight is 354 g/mol. The minimum atomic E-state index is -0.373. The summed E-state index contributed by atoms with van der Waals surface area (Å²) < 4.78 is 10.4. The third kappa shape index (κ3) is 4.61. The van der Waals surface area contributed by atoms with Crippen LogP contribution in [0.4, 0.5) is 5.69 Å². The lowest BCUT2D eigenvalue weighted by molar-refractivity contribution is -0.118. The van der Waals surface area contributed by atoms with Crippen molar-refractivity contribution < 1.29 is 19.1 Å². The van der Waals surface area contributed by atoms with E-state index in [1.54, 1.807) is 31.4 Å². The Morgan fingerprint density at radius 3 is 2.30 bits per heavy atom. The van der Waals surface area contributed by atoms with Crippen molar-refractivity contribution in [2.24, 2.45) is 0 Å². The largest absolute Gasteiger partial charge is 0.497 e. The SMILES string of the molecule is COc1ccc(NC(=O)COc2c(Cl)cc(C=O)cc2Cl)cc1. The maximum Gasteiger partial charge on any atom is 0.262 e. The number of hydrogen-bond donors (Lipinski definition) is 1. The smallest absolute Gasteiger partial charge is 0.262 e. The van der Waals surface area contributed by atoms with E-state index in [0.29, 0.717) is 23.3 Å². The first kappa shape index (κ1) is 17.1. The van der Waals surface area contributed by atoms with Crippen LogP contribution in [-0.2, 0) is 4.79 Å². The van der Waals surface area contributed by atoms with Crippen LogP contribution in [0.3, 0.4) is 0 Å². The second-order valence-corrected chi connectivity index (χ2v) is 5.31. The van der Waals surface area contributed by atoms with Gasteiger partial charge in [-0.2, -0.15) is 0 Å². The maximum atomic E-state index is 11.9. The molecule has 23 heavy (non-hydrogen) atoms. The first-order chi connectivity index (χ1) is 11.0. The first-order valence-corrected chi connectivity index (χ1v) is 7.30. The average Bonchev–Trinajstić information content (AvgIpc) is 2.54. The Morgan fingerprint density at radius 1 is 1.17 bits per heavy atom. The Kier molecular flexibility index (Phi) is 5.84. The molecule has 0 saturated heterocycles. The molecule has 0 unspecified atom stereocenters. The summed E-state index contributed by atoms with van der Waals surface area (Å²) in [6, 6.07) is 9.68. The quantitative estimate of drug-likeness (QED) is 0.801. The fraction of sp³-hybridized carbons (Fsp3) is 0.125. The summed E-state index contributed by atoms with van der Waals surface area (Å²) in [7, 11) is 1.56. The van der Waals surface area contributed by atoms with Gasteiger partial charge in [0, 0.05) is 11.3 Å². The van der Waals surface area contributed by atoms with Gasteiger partial charge in [-0.05, 0) is 36.4 Å². The Balaban J connectivity index is 1.97. The van der Waals surface area contributed by atoms with Crippen molar-refractivity contribution in [3.8, 4) is 11.5 Å². The molecule has 0 aliphatic carbocycles. The molecule has 0 heterocycles. The molecule has 0 radical (unpaired) electrons. The molecule has 2 aromatic rings. The molecule has 7 heteroatoms. The fourth-order valence-corrected chi connectivity index (χ4v) is 2.41. The van der Waals surface area contributed by atoms with Crippen LogP contribution in [0.2, 0.25) is 10.0 Å². The number of nitrogens with one attached hydrogen (secondary N) is 1. The van der Waals surface area contributed by atoms with Gasteiger partial charge >= 0.3 is 0 Å². The highest BCUT2D eigenvalue weighted by atomic mass is 35.5. The zero-order valence-electron chi connectivity index (χ0n) is 12.1. The molecule has 0 spiro atoms. The highest BCUT2D eigenvalue weighted by Crippen LogP contribution is 2.33. The molecule has 0 fully saturated rings. The van der Waals surface area contributed by atoms with Gasteiger partial charge < -0.3 is 14.8 Å². The van der Waals surface area contributed by atoms with E-state index < -0.39 is 0 Å². The predicted molar refractivity (Wildman–Crippen MR) is 89.0 cm³/mol. The molecule has 120 valence electrons. The van der Waals surface area contributed by atoms with E-state index in [1.165, 1.54) is 12.1 Å². The number of methoxy groups -OCH3 is 1. The Bertz CT molecular complexity index is 694.